The lowest BCUT2D eigenvalue weighted by molar-refractivity contribution is 0.326. The molecule has 0 saturated carbocycles. The SMILES string of the molecule is CCCCN(CC1CCCN1)c1nccc(OCC)n1. The molecule has 1 saturated heterocycles. The number of anilines is 1. The Kier molecular flexibility index (Phi) is 6.05. The van der Waals surface area contributed by atoms with Crippen molar-refractivity contribution in [3.63, 3.8) is 0 Å². The Morgan fingerprint density at radius 3 is 3.05 bits per heavy atom. The van der Waals surface area contributed by atoms with E-state index in [4.69, 9.17) is 4.74 Å². The van der Waals surface area contributed by atoms with Crippen molar-refractivity contribution in [3.8, 4) is 5.88 Å². The molecule has 0 amide bonds. The van der Waals surface area contributed by atoms with Gasteiger partial charge in [-0.25, -0.2) is 4.98 Å². The van der Waals surface area contributed by atoms with E-state index >= 15 is 0 Å². The average Bonchev–Trinajstić information content (AvgIpc) is 2.97. The zero-order valence-corrected chi connectivity index (χ0v) is 12.6. The fourth-order valence-corrected chi connectivity index (χ4v) is 2.51. The summed E-state index contributed by atoms with van der Waals surface area (Å²) >= 11 is 0. The molecular weight excluding hydrogens is 252 g/mol. The number of rotatable bonds is 8. The van der Waals surface area contributed by atoms with E-state index in [0.29, 0.717) is 18.5 Å². The van der Waals surface area contributed by atoms with E-state index in [1.807, 2.05) is 13.0 Å². The molecule has 112 valence electrons. The molecule has 0 aliphatic carbocycles. The van der Waals surface area contributed by atoms with E-state index in [1.54, 1.807) is 6.20 Å². The minimum absolute atomic E-state index is 0.561. The third-order valence-corrected chi connectivity index (χ3v) is 3.58. The number of hydrogen-bond acceptors (Lipinski definition) is 5. The highest BCUT2D eigenvalue weighted by molar-refractivity contribution is 5.32. The van der Waals surface area contributed by atoms with Crippen LogP contribution in [0.25, 0.3) is 0 Å². The summed E-state index contributed by atoms with van der Waals surface area (Å²) in [5.41, 5.74) is 0. The predicted molar refractivity (Wildman–Crippen MR) is 81.3 cm³/mol. The van der Waals surface area contributed by atoms with Gasteiger partial charge in [-0.05, 0) is 32.7 Å². The summed E-state index contributed by atoms with van der Waals surface area (Å²) in [5.74, 6) is 1.46. The Bertz CT molecular complexity index is 393. The molecule has 2 heterocycles. The van der Waals surface area contributed by atoms with Gasteiger partial charge in [-0.1, -0.05) is 13.3 Å². The molecule has 1 fully saturated rings. The highest BCUT2D eigenvalue weighted by Gasteiger charge is 2.19. The maximum Gasteiger partial charge on any atom is 0.228 e. The minimum Gasteiger partial charge on any atom is -0.478 e. The first kappa shape index (κ1) is 15.0. The van der Waals surface area contributed by atoms with Crippen molar-refractivity contribution in [2.75, 3.05) is 31.1 Å². The Hall–Kier alpha value is -1.36. The highest BCUT2D eigenvalue weighted by atomic mass is 16.5. The fraction of sp³-hybridized carbons (Fsp3) is 0.733. The number of ether oxygens (including phenoxy) is 1. The first-order chi connectivity index (χ1) is 9.83. The number of unbranched alkanes of at least 4 members (excludes halogenated alkanes) is 1. The summed E-state index contributed by atoms with van der Waals surface area (Å²) in [6.45, 7) is 7.93. The van der Waals surface area contributed by atoms with E-state index < -0.39 is 0 Å². The van der Waals surface area contributed by atoms with Gasteiger partial charge < -0.3 is 15.0 Å². The van der Waals surface area contributed by atoms with Gasteiger partial charge in [0, 0.05) is 31.4 Å². The predicted octanol–water partition coefficient (Wildman–Crippen LogP) is 2.23. The van der Waals surface area contributed by atoms with Crippen molar-refractivity contribution >= 4 is 5.95 Å². The molecule has 2 rings (SSSR count). The molecule has 5 nitrogen and oxygen atoms in total. The summed E-state index contributed by atoms with van der Waals surface area (Å²) < 4.78 is 5.48. The third-order valence-electron chi connectivity index (χ3n) is 3.58. The number of hydrogen-bond donors (Lipinski definition) is 1. The van der Waals surface area contributed by atoms with Crippen LogP contribution < -0.4 is 15.0 Å². The second-order valence-electron chi connectivity index (χ2n) is 5.22. The molecule has 1 N–H and O–H groups in total. The van der Waals surface area contributed by atoms with E-state index in [2.05, 4.69) is 27.1 Å². The summed E-state index contributed by atoms with van der Waals surface area (Å²) in [6, 6.07) is 2.38. The van der Waals surface area contributed by atoms with Gasteiger partial charge in [0.25, 0.3) is 0 Å². The van der Waals surface area contributed by atoms with Crippen molar-refractivity contribution in [1.82, 2.24) is 15.3 Å². The molecule has 1 unspecified atom stereocenters. The molecule has 20 heavy (non-hydrogen) atoms. The smallest absolute Gasteiger partial charge is 0.228 e. The van der Waals surface area contributed by atoms with E-state index in [-0.39, 0.29) is 0 Å². The van der Waals surface area contributed by atoms with Crippen LogP contribution in [-0.2, 0) is 0 Å². The van der Waals surface area contributed by atoms with Crippen LogP contribution in [0.15, 0.2) is 12.3 Å². The molecule has 1 aromatic heterocycles. The first-order valence-corrected chi connectivity index (χ1v) is 7.77. The van der Waals surface area contributed by atoms with Crippen LogP contribution in [0.4, 0.5) is 5.95 Å². The van der Waals surface area contributed by atoms with Crippen LogP contribution in [0.2, 0.25) is 0 Å². The van der Waals surface area contributed by atoms with Gasteiger partial charge in [0.05, 0.1) is 6.61 Å². The van der Waals surface area contributed by atoms with Crippen molar-refractivity contribution in [2.24, 2.45) is 0 Å². The molecular formula is C15H26N4O. The lowest BCUT2D eigenvalue weighted by Gasteiger charge is -2.26. The second kappa shape index (κ2) is 8.04. The van der Waals surface area contributed by atoms with Crippen LogP contribution in [0.3, 0.4) is 0 Å². The zero-order chi connectivity index (χ0) is 14.2. The van der Waals surface area contributed by atoms with Crippen molar-refractivity contribution in [3.05, 3.63) is 12.3 Å². The Labute approximate surface area is 121 Å². The van der Waals surface area contributed by atoms with Crippen LogP contribution in [0, 0.1) is 0 Å². The normalized spacial score (nSPS) is 18.2. The summed E-state index contributed by atoms with van der Waals surface area (Å²) in [7, 11) is 0. The molecule has 0 bridgehead atoms. The van der Waals surface area contributed by atoms with Crippen LogP contribution in [0.5, 0.6) is 5.88 Å². The molecule has 1 aliphatic heterocycles. The summed E-state index contributed by atoms with van der Waals surface area (Å²) in [6.07, 6.45) is 6.64. The highest BCUT2D eigenvalue weighted by Crippen LogP contribution is 2.16. The standard InChI is InChI=1S/C15H26N4O/c1-3-5-11-19(12-13-7-6-9-16-13)15-17-10-8-14(18-15)20-4-2/h8,10,13,16H,3-7,9,11-12H2,1-2H3. The number of nitrogens with one attached hydrogen (secondary N) is 1. The molecule has 5 heteroatoms. The number of aromatic nitrogens is 2. The van der Waals surface area contributed by atoms with Crippen molar-refractivity contribution in [2.45, 2.75) is 45.6 Å². The van der Waals surface area contributed by atoms with E-state index in [1.165, 1.54) is 19.3 Å². The first-order valence-electron chi connectivity index (χ1n) is 7.77. The quantitative estimate of drug-likeness (QED) is 0.790. The van der Waals surface area contributed by atoms with E-state index in [9.17, 15) is 0 Å². The Morgan fingerprint density at radius 2 is 2.35 bits per heavy atom. The minimum atomic E-state index is 0.561. The van der Waals surface area contributed by atoms with E-state index in [0.717, 1.165) is 32.0 Å². The second-order valence-corrected chi connectivity index (χ2v) is 5.22. The summed E-state index contributed by atoms with van der Waals surface area (Å²) in [5, 5.41) is 3.54. The largest absolute Gasteiger partial charge is 0.478 e. The summed E-state index contributed by atoms with van der Waals surface area (Å²) in [4.78, 5) is 11.2. The Balaban J connectivity index is 2.05. The van der Waals surface area contributed by atoms with Crippen molar-refractivity contribution < 1.29 is 4.74 Å². The van der Waals surface area contributed by atoms with Gasteiger partial charge in [0.1, 0.15) is 0 Å². The number of nitrogens with zero attached hydrogens (tertiary/aromatic N) is 3. The molecule has 1 atom stereocenters. The molecule has 0 radical (unpaired) electrons. The van der Waals surface area contributed by atoms with Crippen LogP contribution >= 0.6 is 0 Å². The lowest BCUT2D eigenvalue weighted by atomic mass is 10.2. The van der Waals surface area contributed by atoms with Gasteiger partial charge in [-0.15, -0.1) is 0 Å². The van der Waals surface area contributed by atoms with Gasteiger partial charge >= 0.3 is 0 Å². The molecule has 1 aliphatic rings. The molecule has 0 aromatic carbocycles. The Morgan fingerprint density at radius 1 is 1.45 bits per heavy atom. The van der Waals surface area contributed by atoms with Crippen LogP contribution in [0.1, 0.15) is 39.5 Å². The van der Waals surface area contributed by atoms with Crippen molar-refractivity contribution in [1.29, 1.82) is 0 Å². The maximum atomic E-state index is 5.48. The fourth-order valence-electron chi connectivity index (χ4n) is 2.51. The lowest BCUT2D eigenvalue weighted by Crippen LogP contribution is -2.39. The van der Waals surface area contributed by atoms with Gasteiger partial charge in [-0.3, -0.25) is 0 Å². The topological polar surface area (TPSA) is 50.3 Å². The van der Waals surface area contributed by atoms with Gasteiger partial charge in [-0.2, -0.15) is 4.98 Å². The van der Waals surface area contributed by atoms with Gasteiger partial charge in [0.2, 0.25) is 11.8 Å². The average molecular weight is 278 g/mol. The monoisotopic (exact) mass is 278 g/mol. The molecule has 0 spiro atoms. The van der Waals surface area contributed by atoms with Gasteiger partial charge in [0.15, 0.2) is 0 Å². The maximum absolute atomic E-state index is 5.48. The third kappa shape index (κ3) is 4.34. The van der Waals surface area contributed by atoms with Crippen LogP contribution in [-0.4, -0.2) is 42.3 Å². The molecule has 1 aromatic rings. The zero-order valence-electron chi connectivity index (χ0n) is 12.6.